The van der Waals surface area contributed by atoms with Crippen LogP contribution in [0.1, 0.15) is 51.9 Å². The van der Waals surface area contributed by atoms with Gasteiger partial charge in [-0.1, -0.05) is 32.6 Å². The van der Waals surface area contributed by atoms with Gasteiger partial charge in [-0.05, 0) is 19.3 Å². The highest BCUT2D eigenvalue weighted by molar-refractivity contribution is 5.79. The number of carbonyl (C=O) groups excluding carboxylic acids is 1. The van der Waals surface area contributed by atoms with Crippen LogP contribution in [0.15, 0.2) is 0 Å². The predicted molar refractivity (Wildman–Crippen MR) is 79.0 cm³/mol. The van der Waals surface area contributed by atoms with Crippen molar-refractivity contribution in [3.8, 4) is 6.07 Å². The summed E-state index contributed by atoms with van der Waals surface area (Å²) in [4.78, 5) is 16.7. The van der Waals surface area contributed by atoms with E-state index in [0.717, 1.165) is 51.9 Å². The van der Waals surface area contributed by atoms with E-state index in [2.05, 4.69) is 17.9 Å². The number of amides is 1. The van der Waals surface area contributed by atoms with Gasteiger partial charge in [-0.2, -0.15) is 5.26 Å². The number of nitrogens with zero attached hydrogens (tertiary/aromatic N) is 3. The third-order valence-corrected chi connectivity index (χ3v) is 4.73. The lowest BCUT2D eigenvalue weighted by Crippen LogP contribution is -2.53. The molecule has 1 atom stereocenters. The zero-order valence-corrected chi connectivity index (χ0v) is 12.7. The minimum atomic E-state index is 0.0342. The van der Waals surface area contributed by atoms with Crippen molar-refractivity contribution in [1.29, 1.82) is 5.26 Å². The average Bonchev–Trinajstić information content (AvgIpc) is 2.53. The highest BCUT2D eigenvalue weighted by Gasteiger charge is 2.30. The lowest BCUT2D eigenvalue weighted by atomic mass is 9.88. The monoisotopic (exact) mass is 277 g/mol. The maximum Gasteiger partial charge on any atom is 0.225 e. The molecule has 0 spiro atoms. The van der Waals surface area contributed by atoms with Gasteiger partial charge in [0.2, 0.25) is 5.91 Å². The van der Waals surface area contributed by atoms with Crippen LogP contribution >= 0.6 is 0 Å². The summed E-state index contributed by atoms with van der Waals surface area (Å²) in [6, 6.07) is 2.44. The number of carbonyl (C=O) groups is 1. The van der Waals surface area contributed by atoms with Crippen LogP contribution in [-0.2, 0) is 4.79 Å². The van der Waals surface area contributed by atoms with Gasteiger partial charge < -0.3 is 4.90 Å². The van der Waals surface area contributed by atoms with E-state index >= 15 is 0 Å². The van der Waals surface area contributed by atoms with Gasteiger partial charge in [0.05, 0.1) is 12.1 Å². The highest BCUT2D eigenvalue weighted by atomic mass is 16.2. The van der Waals surface area contributed by atoms with Crippen molar-refractivity contribution in [3.63, 3.8) is 0 Å². The molecule has 1 saturated heterocycles. The van der Waals surface area contributed by atoms with Crippen LogP contribution in [0.3, 0.4) is 0 Å². The smallest absolute Gasteiger partial charge is 0.225 e. The number of rotatable bonds is 4. The molecule has 2 rings (SSSR count). The number of nitriles is 1. The first-order valence-corrected chi connectivity index (χ1v) is 8.18. The van der Waals surface area contributed by atoms with Crippen molar-refractivity contribution >= 4 is 5.91 Å². The summed E-state index contributed by atoms with van der Waals surface area (Å²) in [7, 11) is 0. The van der Waals surface area contributed by atoms with Gasteiger partial charge in [-0.25, -0.2) is 0 Å². The molecule has 0 aromatic heterocycles. The third kappa shape index (κ3) is 3.73. The summed E-state index contributed by atoms with van der Waals surface area (Å²) in [6.45, 7) is 5.44. The Morgan fingerprint density at radius 1 is 1.20 bits per heavy atom. The van der Waals surface area contributed by atoms with Gasteiger partial charge in [0.1, 0.15) is 0 Å². The van der Waals surface area contributed by atoms with Gasteiger partial charge in [-0.15, -0.1) is 0 Å². The molecule has 20 heavy (non-hydrogen) atoms. The predicted octanol–water partition coefficient (Wildman–Crippen LogP) is 2.40. The van der Waals surface area contributed by atoms with Crippen molar-refractivity contribution in [3.05, 3.63) is 0 Å². The molecule has 112 valence electrons. The molecule has 0 N–H and O–H groups in total. The molecule has 0 aromatic carbocycles. The summed E-state index contributed by atoms with van der Waals surface area (Å²) in [6.07, 6.45) is 7.85. The molecular formula is C16H27N3O. The van der Waals surface area contributed by atoms with Crippen LogP contribution in [-0.4, -0.2) is 47.9 Å². The zero-order valence-electron chi connectivity index (χ0n) is 12.7. The molecule has 1 saturated carbocycles. The second-order valence-electron chi connectivity index (χ2n) is 6.13. The molecule has 0 aromatic rings. The molecule has 0 bridgehead atoms. The van der Waals surface area contributed by atoms with Crippen molar-refractivity contribution < 1.29 is 4.79 Å². The lowest BCUT2D eigenvalue weighted by Gasteiger charge is -2.38. The van der Waals surface area contributed by atoms with Crippen LogP contribution in [0.5, 0.6) is 0 Å². The Morgan fingerprint density at radius 3 is 2.40 bits per heavy atom. The summed E-state index contributed by atoms with van der Waals surface area (Å²) < 4.78 is 0. The number of piperazine rings is 1. The Hall–Kier alpha value is -1.08. The first kappa shape index (κ1) is 15.3. The Kier molecular flexibility index (Phi) is 5.85. The minimum absolute atomic E-state index is 0.0342. The summed E-state index contributed by atoms with van der Waals surface area (Å²) in [5.74, 6) is 0.644. The van der Waals surface area contributed by atoms with Crippen molar-refractivity contribution in [1.82, 2.24) is 9.80 Å². The van der Waals surface area contributed by atoms with Gasteiger partial charge in [0.15, 0.2) is 0 Å². The van der Waals surface area contributed by atoms with Crippen LogP contribution in [0.2, 0.25) is 0 Å². The molecule has 1 aliphatic carbocycles. The third-order valence-electron chi connectivity index (χ3n) is 4.73. The molecular weight excluding hydrogens is 250 g/mol. The first-order valence-electron chi connectivity index (χ1n) is 8.18. The van der Waals surface area contributed by atoms with Gasteiger partial charge in [0.25, 0.3) is 0 Å². The topological polar surface area (TPSA) is 47.3 Å². The van der Waals surface area contributed by atoms with E-state index in [4.69, 9.17) is 0 Å². The molecule has 0 radical (unpaired) electrons. The molecule has 4 nitrogen and oxygen atoms in total. The summed E-state index contributed by atoms with van der Waals surface area (Å²) in [5.41, 5.74) is 0. The summed E-state index contributed by atoms with van der Waals surface area (Å²) in [5, 5.41) is 9.22. The zero-order chi connectivity index (χ0) is 14.4. The molecule has 2 aliphatic rings. The van der Waals surface area contributed by atoms with Crippen molar-refractivity contribution in [2.75, 3.05) is 26.2 Å². The van der Waals surface area contributed by atoms with Gasteiger partial charge in [0, 0.05) is 32.1 Å². The molecule has 1 amide bonds. The van der Waals surface area contributed by atoms with E-state index in [9.17, 15) is 10.1 Å². The Balaban J connectivity index is 1.81. The normalized spacial score (nSPS) is 23.3. The van der Waals surface area contributed by atoms with Gasteiger partial charge in [-0.3, -0.25) is 9.69 Å². The minimum Gasteiger partial charge on any atom is -0.340 e. The Morgan fingerprint density at radius 2 is 1.85 bits per heavy atom. The van der Waals surface area contributed by atoms with Crippen LogP contribution in [0.25, 0.3) is 0 Å². The quantitative estimate of drug-likeness (QED) is 0.793. The van der Waals surface area contributed by atoms with Gasteiger partial charge >= 0.3 is 0 Å². The fourth-order valence-corrected chi connectivity index (χ4v) is 3.46. The fourth-order valence-electron chi connectivity index (χ4n) is 3.46. The second kappa shape index (κ2) is 7.64. The molecule has 1 aliphatic heterocycles. The first-order chi connectivity index (χ1) is 9.76. The van der Waals surface area contributed by atoms with E-state index in [0.29, 0.717) is 5.91 Å². The largest absolute Gasteiger partial charge is 0.340 e. The SMILES string of the molecule is CCCC(C#N)N1CCN(C(=O)C2CCCCC2)CC1. The lowest BCUT2D eigenvalue weighted by molar-refractivity contribution is -0.138. The molecule has 1 heterocycles. The van der Waals surface area contributed by atoms with Crippen molar-refractivity contribution in [2.24, 2.45) is 5.92 Å². The Bertz CT molecular complexity index is 349. The van der Waals surface area contributed by atoms with Crippen LogP contribution in [0.4, 0.5) is 0 Å². The molecule has 2 fully saturated rings. The van der Waals surface area contributed by atoms with E-state index in [-0.39, 0.29) is 12.0 Å². The van der Waals surface area contributed by atoms with Crippen molar-refractivity contribution in [2.45, 2.75) is 57.9 Å². The average molecular weight is 277 g/mol. The van der Waals surface area contributed by atoms with Crippen LogP contribution in [0, 0.1) is 17.2 Å². The Labute approximate surface area is 122 Å². The molecule has 1 unspecified atom stereocenters. The van der Waals surface area contributed by atoms with E-state index in [1.54, 1.807) is 0 Å². The maximum absolute atomic E-state index is 12.5. The number of hydrogen-bond acceptors (Lipinski definition) is 3. The standard InChI is InChI=1S/C16H27N3O/c1-2-6-15(13-17)18-9-11-19(12-10-18)16(20)14-7-4-3-5-8-14/h14-15H,2-12H2,1H3. The van der Waals surface area contributed by atoms with E-state index in [1.807, 2.05) is 4.90 Å². The maximum atomic E-state index is 12.5. The van der Waals surface area contributed by atoms with E-state index < -0.39 is 0 Å². The fraction of sp³-hybridized carbons (Fsp3) is 0.875. The second-order valence-corrected chi connectivity index (χ2v) is 6.13. The van der Waals surface area contributed by atoms with E-state index in [1.165, 1.54) is 19.3 Å². The summed E-state index contributed by atoms with van der Waals surface area (Å²) >= 11 is 0. The highest BCUT2D eigenvalue weighted by Crippen LogP contribution is 2.26. The van der Waals surface area contributed by atoms with Crippen LogP contribution < -0.4 is 0 Å². The molecule has 4 heteroatoms. The number of hydrogen-bond donors (Lipinski definition) is 0.